The van der Waals surface area contributed by atoms with E-state index in [1.54, 1.807) is 0 Å². The standard InChI is InChI=1S/C12H16N2O/c1-2-14-11-7-4-3-6-10(11)13-9-5-8-12(14)15/h3-4,6-7,13H,2,5,8-9H2,1H3. The van der Waals surface area contributed by atoms with Crippen LogP contribution in [0.4, 0.5) is 11.4 Å². The molecule has 3 heteroatoms. The van der Waals surface area contributed by atoms with Crippen molar-refractivity contribution in [1.82, 2.24) is 0 Å². The molecule has 0 aromatic heterocycles. The van der Waals surface area contributed by atoms with Crippen LogP contribution in [-0.4, -0.2) is 19.0 Å². The maximum Gasteiger partial charge on any atom is 0.227 e. The largest absolute Gasteiger partial charge is 0.383 e. The van der Waals surface area contributed by atoms with Crippen LogP contribution in [0.1, 0.15) is 19.8 Å². The third-order valence-corrected chi connectivity index (χ3v) is 2.69. The Hall–Kier alpha value is -1.51. The maximum absolute atomic E-state index is 11.9. The van der Waals surface area contributed by atoms with Crippen molar-refractivity contribution in [2.75, 3.05) is 23.3 Å². The Kier molecular flexibility index (Phi) is 2.90. The second-order valence-electron chi connectivity index (χ2n) is 3.69. The Morgan fingerprint density at radius 3 is 3.00 bits per heavy atom. The lowest BCUT2D eigenvalue weighted by atomic mass is 10.1. The van der Waals surface area contributed by atoms with E-state index in [0.717, 1.165) is 30.9 Å². The second kappa shape index (κ2) is 4.34. The lowest BCUT2D eigenvalue weighted by Gasteiger charge is -2.26. The summed E-state index contributed by atoms with van der Waals surface area (Å²) < 4.78 is 0. The summed E-state index contributed by atoms with van der Waals surface area (Å²) in [7, 11) is 0. The van der Waals surface area contributed by atoms with Crippen molar-refractivity contribution in [1.29, 1.82) is 0 Å². The molecule has 0 radical (unpaired) electrons. The number of fused-ring (bicyclic) bond motifs is 1. The average molecular weight is 204 g/mol. The van der Waals surface area contributed by atoms with Crippen molar-refractivity contribution in [2.45, 2.75) is 19.8 Å². The van der Waals surface area contributed by atoms with Gasteiger partial charge in [-0.1, -0.05) is 12.1 Å². The Morgan fingerprint density at radius 1 is 1.40 bits per heavy atom. The third kappa shape index (κ3) is 1.96. The summed E-state index contributed by atoms with van der Waals surface area (Å²) >= 11 is 0. The van der Waals surface area contributed by atoms with Gasteiger partial charge in [-0.15, -0.1) is 0 Å². The summed E-state index contributed by atoms with van der Waals surface area (Å²) in [4.78, 5) is 13.7. The van der Waals surface area contributed by atoms with Gasteiger partial charge in [0.1, 0.15) is 0 Å². The first-order chi connectivity index (χ1) is 7.33. The van der Waals surface area contributed by atoms with Crippen LogP contribution in [0, 0.1) is 0 Å². The van der Waals surface area contributed by atoms with Crippen LogP contribution in [0.15, 0.2) is 24.3 Å². The molecule has 1 aromatic carbocycles. The topological polar surface area (TPSA) is 32.3 Å². The molecule has 1 aliphatic rings. The first kappa shape index (κ1) is 10.0. The third-order valence-electron chi connectivity index (χ3n) is 2.69. The lowest BCUT2D eigenvalue weighted by molar-refractivity contribution is -0.118. The van der Waals surface area contributed by atoms with Gasteiger partial charge < -0.3 is 10.2 Å². The predicted octanol–water partition coefficient (Wildman–Crippen LogP) is 2.25. The van der Waals surface area contributed by atoms with E-state index in [2.05, 4.69) is 5.32 Å². The van der Waals surface area contributed by atoms with Crippen LogP contribution in [0.25, 0.3) is 0 Å². The summed E-state index contributed by atoms with van der Waals surface area (Å²) in [6.07, 6.45) is 1.54. The monoisotopic (exact) mass is 204 g/mol. The van der Waals surface area contributed by atoms with Crippen molar-refractivity contribution in [3.8, 4) is 0 Å². The molecular formula is C12H16N2O. The van der Waals surface area contributed by atoms with Crippen LogP contribution >= 0.6 is 0 Å². The molecule has 80 valence electrons. The van der Waals surface area contributed by atoms with E-state index in [9.17, 15) is 4.79 Å². The van der Waals surface area contributed by atoms with Crippen molar-refractivity contribution in [2.24, 2.45) is 0 Å². The van der Waals surface area contributed by atoms with E-state index in [-0.39, 0.29) is 5.91 Å². The van der Waals surface area contributed by atoms with Gasteiger partial charge in [0.15, 0.2) is 0 Å². The van der Waals surface area contributed by atoms with Gasteiger partial charge in [0.05, 0.1) is 11.4 Å². The molecule has 2 rings (SSSR count). The number of nitrogens with zero attached hydrogens (tertiary/aromatic N) is 1. The highest BCUT2D eigenvalue weighted by molar-refractivity contribution is 5.97. The molecule has 1 N–H and O–H groups in total. The zero-order chi connectivity index (χ0) is 10.7. The number of nitrogens with one attached hydrogen (secondary N) is 1. The Bertz CT molecular complexity index is 362. The molecule has 0 atom stereocenters. The number of hydrogen-bond donors (Lipinski definition) is 1. The number of amides is 1. The fourth-order valence-corrected chi connectivity index (χ4v) is 1.94. The number of carbonyl (C=O) groups is 1. The number of rotatable bonds is 1. The number of hydrogen-bond acceptors (Lipinski definition) is 2. The van der Waals surface area contributed by atoms with Crippen molar-refractivity contribution < 1.29 is 4.79 Å². The molecule has 0 unspecified atom stereocenters. The molecule has 1 aromatic rings. The van der Waals surface area contributed by atoms with Crippen LogP contribution in [0.3, 0.4) is 0 Å². The van der Waals surface area contributed by atoms with Gasteiger partial charge in [0.2, 0.25) is 5.91 Å². The van der Waals surface area contributed by atoms with Crippen LogP contribution in [-0.2, 0) is 4.79 Å². The highest BCUT2D eigenvalue weighted by atomic mass is 16.2. The number of benzene rings is 1. The summed E-state index contributed by atoms with van der Waals surface area (Å²) in [5, 5.41) is 3.36. The molecule has 0 saturated heterocycles. The molecule has 1 aliphatic heterocycles. The van der Waals surface area contributed by atoms with E-state index in [4.69, 9.17) is 0 Å². The highest BCUT2D eigenvalue weighted by Gasteiger charge is 2.18. The number of para-hydroxylation sites is 2. The van der Waals surface area contributed by atoms with Gasteiger partial charge in [-0.3, -0.25) is 4.79 Å². The lowest BCUT2D eigenvalue weighted by Crippen LogP contribution is -2.32. The molecule has 1 heterocycles. The van der Waals surface area contributed by atoms with Gasteiger partial charge in [-0.05, 0) is 25.5 Å². The van der Waals surface area contributed by atoms with E-state index in [0.29, 0.717) is 6.42 Å². The Labute approximate surface area is 90.1 Å². The average Bonchev–Trinajstić information content (AvgIpc) is 2.24. The van der Waals surface area contributed by atoms with Gasteiger partial charge in [0, 0.05) is 19.5 Å². The summed E-state index contributed by atoms with van der Waals surface area (Å²) in [5.74, 6) is 0.228. The first-order valence-electron chi connectivity index (χ1n) is 5.46. The summed E-state index contributed by atoms with van der Waals surface area (Å²) in [6, 6.07) is 7.98. The Balaban J connectivity index is 2.41. The molecule has 0 saturated carbocycles. The van der Waals surface area contributed by atoms with E-state index >= 15 is 0 Å². The smallest absolute Gasteiger partial charge is 0.227 e. The van der Waals surface area contributed by atoms with Crippen molar-refractivity contribution >= 4 is 17.3 Å². The molecule has 15 heavy (non-hydrogen) atoms. The fraction of sp³-hybridized carbons (Fsp3) is 0.417. The zero-order valence-corrected chi connectivity index (χ0v) is 8.99. The minimum Gasteiger partial charge on any atom is -0.383 e. The van der Waals surface area contributed by atoms with Gasteiger partial charge in [-0.2, -0.15) is 0 Å². The minimum absolute atomic E-state index is 0.228. The second-order valence-corrected chi connectivity index (χ2v) is 3.69. The molecular weight excluding hydrogens is 188 g/mol. The normalized spacial score (nSPS) is 16.3. The van der Waals surface area contributed by atoms with Gasteiger partial charge in [0.25, 0.3) is 0 Å². The SMILES string of the molecule is CCN1C(=O)CCCNc2ccccc21. The minimum atomic E-state index is 0.228. The fourth-order valence-electron chi connectivity index (χ4n) is 1.94. The molecule has 0 aliphatic carbocycles. The van der Waals surface area contributed by atoms with Crippen LogP contribution in [0.5, 0.6) is 0 Å². The number of carbonyl (C=O) groups excluding carboxylic acids is 1. The van der Waals surface area contributed by atoms with E-state index < -0.39 is 0 Å². The Morgan fingerprint density at radius 2 is 2.20 bits per heavy atom. The quantitative estimate of drug-likeness (QED) is 0.761. The van der Waals surface area contributed by atoms with E-state index in [1.807, 2.05) is 36.1 Å². The number of anilines is 2. The van der Waals surface area contributed by atoms with Crippen LogP contribution < -0.4 is 10.2 Å². The molecule has 0 bridgehead atoms. The van der Waals surface area contributed by atoms with Gasteiger partial charge >= 0.3 is 0 Å². The molecule has 3 nitrogen and oxygen atoms in total. The highest BCUT2D eigenvalue weighted by Crippen LogP contribution is 2.27. The predicted molar refractivity (Wildman–Crippen MR) is 62.2 cm³/mol. The molecule has 0 fully saturated rings. The van der Waals surface area contributed by atoms with Gasteiger partial charge in [-0.25, -0.2) is 0 Å². The van der Waals surface area contributed by atoms with Crippen molar-refractivity contribution in [3.05, 3.63) is 24.3 Å². The molecule has 1 amide bonds. The first-order valence-corrected chi connectivity index (χ1v) is 5.46. The summed E-state index contributed by atoms with van der Waals surface area (Å²) in [6.45, 7) is 3.62. The van der Waals surface area contributed by atoms with Crippen molar-refractivity contribution in [3.63, 3.8) is 0 Å². The van der Waals surface area contributed by atoms with Crippen LogP contribution in [0.2, 0.25) is 0 Å². The maximum atomic E-state index is 11.9. The zero-order valence-electron chi connectivity index (χ0n) is 8.99. The molecule has 0 spiro atoms. The summed E-state index contributed by atoms with van der Waals surface area (Å²) in [5.41, 5.74) is 2.07. The van der Waals surface area contributed by atoms with E-state index in [1.165, 1.54) is 0 Å².